The van der Waals surface area contributed by atoms with Crippen LogP contribution in [-0.4, -0.2) is 12.6 Å². The first-order valence-corrected chi connectivity index (χ1v) is 16.0. The van der Waals surface area contributed by atoms with Crippen molar-refractivity contribution in [3.05, 3.63) is 109 Å². The fraction of sp³-hybridized carbons (Fsp3) is 0.0909. The zero-order valence-electron chi connectivity index (χ0n) is 20.7. The maximum atomic E-state index is 6.36. The van der Waals surface area contributed by atoms with Gasteiger partial charge in [-0.2, -0.15) is 0 Å². The Kier molecular flexibility index (Phi) is 4.54. The molecular formula is C33H27NOSi. The van der Waals surface area contributed by atoms with Crippen molar-refractivity contribution in [3.63, 3.8) is 0 Å². The molecule has 2 nitrogen and oxygen atoms in total. The van der Waals surface area contributed by atoms with Crippen molar-refractivity contribution in [2.24, 2.45) is 0 Å². The number of aromatic nitrogens is 1. The van der Waals surface area contributed by atoms with Gasteiger partial charge in [0.1, 0.15) is 11.2 Å². The van der Waals surface area contributed by atoms with E-state index >= 15 is 0 Å². The number of benzene rings is 5. The summed E-state index contributed by atoms with van der Waals surface area (Å²) in [7, 11) is -1.43. The number of furan rings is 1. The predicted octanol–water partition coefficient (Wildman–Crippen LogP) is 8.90. The van der Waals surface area contributed by atoms with Crippen molar-refractivity contribution in [2.45, 2.75) is 19.6 Å². The largest absolute Gasteiger partial charge is 0.455 e. The second-order valence-corrected chi connectivity index (χ2v) is 15.7. The summed E-state index contributed by atoms with van der Waals surface area (Å²) in [6.07, 6.45) is 0. The Morgan fingerprint density at radius 2 is 1.31 bits per heavy atom. The van der Waals surface area contributed by atoms with Crippen LogP contribution in [0.25, 0.3) is 60.6 Å². The Morgan fingerprint density at radius 1 is 0.583 bits per heavy atom. The van der Waals surface area contributed by atoms with E-state index in [1.165, 1.54) is 38.2 Å². The number of hydrogen-bond donors (Lipinski definition) is 0. The van der Waals surface area contributed by atoms with E-state index < -0.39 is 8.07 Å². The molecule has 2 heterocycles. The van der Waals surface area contributed by atoms with Crippen LogP contribution in [0.3, 0.4) is 0 Å². The van der Waals surface area contributed by atoms with Gasteiger partial charge in [0.2, 0.25) is 0 Å². The topological polar surface area (TPSA) is 18.1 Å². The van der Waals surface area contributed by atoms with Crippen LogP contribution in [0, 0.1) is 0 Å². The van der Waals surface area contributed by atoms with Gasteiger partial charge in [-0.05, 0) is 42.0 Å². The molecule has 0 N–H and O–H groups in total. The zero-order valence-corrected chi connectivity index (χ0v) is 21.7. The third kappa shape index (κ3) is 3.16. The van der Waals surface area contributed by atoms with Crippen LogP contribution < -0.4 is 5.19 Å². The zero-order chi connectivity index (χ0) is 24.4. The van der Waals surface area contributed by atoms with Gasteiger partial charge < -0.3 is 8.98 Å². The molecule has 0 bridgehead atoms. The van der Waals surface area contributed by atoms with Crippen LogP contribution in [0.1, 0.15) is 0 Å². The summed E-state index contributed by atoms with van der Waals surface area (Å²) in [4.78, 5) is 0. The molecule has 0 radical (unpaired) electrons. The molecule has 0 aliphatic rings. The molecule has 0 saturated carbocycles. The van der Waals surface area contributed by atoms with Gasteiger partial charge in [-0.3, -0.25) is 0 Å². The number of nitrogens with zero attached hydrogens (tertiary/aromatic N) is 1. The average Bonchev–Trinajstić information content (AvgIpc) is 3.44. The molecule has 174 valence electrons. The van der Waals surface area contributed by atoms with E-state index in [1.54, 1.807) is 0 Å². The summed E-state index contributed by atoms with van der Waals surface area (Å²) in [5.74, 6) is 0. The Balaban J connectivity index is 1.49. The van der Waals surface area contributed by atoms with Gasteiger partial charge in [0.25, 0.3) is 0 Å². The van der Waals surface area contributed by atoms with Crippen molar-refractivity contribution in [3.8, 4) is 16.8 Å². The fourth-order valence-corrected chi connectivity index (χ4v) is 6.68. The minimum atomic E-state index is -1.43. The summed E-state index contributed by atoms with van der Waals surface area (Å²) in [5, 5.41) is 6.32. The van der Waals surface area contributed by atoms with Gasteiger partial charge in [0.15, 0.2) is 0 Å². The van der Waals surface area contributed by atoms with Gasteiger partial charge in [-0.1, -0.05) is 97.6 Å². The van der Waals surface area contributed by atoms with Crippen LogP contribution in [0.2, 0.25) is 19.6 Å². The molecule has 0 amide bonds. The molecule has 5 aromatic carbocycles. The van der Waals surface area contributed by atoms with Crippen molar-refractivity contribution in [1.29, 1.82) is 0 Å². The van der Waals surface area contributed by atoms with E-state index in [9.17, 15) is 0 Å². The van der Waals surface area contributed by atoms with Crippen molar-refractivity contribution < 1.29 is 4.42 Å². The molecule has 0 fully saturated rings. The second kappa shape index (κ2) is 7.71. The lowest BCUT2D eigenvalue weighted by Gasteiger charge is -2.18. The highest BCUT2D eigenvalue weighted by molar-refractivity contribution is 6.88. The minimum Gasteiger partial charge on any atom is -0.455 e. The van der Waals surface area contributed by atoms with E-state index in [-0.39, 0.29) is 0 Å². The van der Waals surface area contributed by atoms with Gasteiger partial charge in [-0.15, -0.1) is 0 Å². The first-order valence-electron chi connectivity index (χ1n) is 12.5. The van der Waals surface area contributed by atoms with Gasteiger partial charge >= 0.3 is 0 Å². The Bertz CT molecular complexity index is 1930. The molecule has 0 spiro atoms. The molecule has 0 atom stereocenters. The average molecular weight is 482 g/mol. The fourth-order valence-electron chi connectivity index (χ4n) is 5.50. The monoisotopic (exact) mass is 481 g/mol. The standard InChI is InChI=1S/C33H27NOSi/c1-36(2,3)24-11-8-10-23(21-24)34-30-16-6-4-12-26(30)29-20-22(18-19-31(29)34)25-14-9-15-28-27-13-5-7-17-32(27)35-33(25)28/h4-21H,1-3H3. The molecule has 0 unspecified atom stereocenters. The van der Waals surface area contributed by atoms with E-state index in [0.717, 1.165) is 27.5 Å². The van der Waals surface area contributed by atoms with Crippen LogP contribution in [0.5, 0.6) is 0 Å². The molecule has 7 rings (SSSR count). The lowest BCUT2D eigenvalue weighted by atomic mass is 10.0. The van der Waals surface area contributed by atoms with E-state index in [0.29, 0.717) is 0 Å². The summed E-state index contributed by atoms with van der Waals surface area (Å²) in [6.45, 7) is 7.22. The normalized spacial score (nSPS) is 12.3. The summed E-state index contributed by atoms with van der Waals surface area (Å²) >= 11 is 0. The van der Waals surface area contributed by atoms with Crippen LogP contribution in [0.4, 0.5) is 0 Å². The highest BCUT2D eigenvalue weighted by atomic mass is 28.3. The van der Waals surface area contributed by atoms with Gasteiger partial charge in [-0.25, -0.2) is 0 Å². The Hall–Kier alpha value is -4.08. The molecule has 3 heteroatoms. The summed E-state index contributed by atoms with van der Waals surface area (Å²) in [5.41, 5.74) is 7.87. The van der Waals surface area contributed by atoms with Crippen LogP contribution >= 0.6 is 0 Å². The lowest BCUT2D eigenvalue weighted by Crippen LogP contribution is -2.37. The third-order valence-electron chi connectivity index (χ3n) is 7.36. The Labute approximate surface area is 211 Å². The molecular weight excluding hydrogens is 454 g/mol. The van der Waals surface area contributed by atoms with Crippen molar-refractivity contribution >= 4 is 57.0 Å². The quantitative estimate of drug-likeness (QED) is 0.230. The second-order valence-electron chi connectivity index (χ2n) is 10.7. The van der Waals surface area contributed by atoms with E-state index in [4.69, 9.17) is 4.42 Å². The molecule has 7 aromatic rings. The van der Waals surface area contributed by atoms with Crippen LogP contribution in [0.15, 0.2) is 114 Å². The number of fused-ring (bicyclic) bond motifs is 6. The Morgan fingerprint density at radius 3 is 2.17 bits per heavy atom. The van der Waals surface area contributed by atoms with E-state index in [2.05, 4.69) is 121 Å². The highest BCUT2D eigenvalue weighted by Gasteiger charge is 2.19. The van der Waals surface area contributed by atoms with Gasteiger partial charge in [0.05, 0.1) is 19.1 Å². The molecule has 36 heavy (non-hydrogen) atoms. The predicted molar refractivity (Wildman–Crippen MR) is 156 cm³/mol. The highest BCUT2D eigenvalue weighted by Crippen LogP contribution is 2.39. The smallest absolute Gasteiger partial charge is 0.143 e. The maximum absolute atomic E-state index is 6.36. The number of rotatable bonds is 3. The lowest BCUT2D eigenvalue weighted by molar-refractivity contribution is 0.670. The molecule has 0 saturated heterocycles. The van der Waals surface area contributed by atoms with E-state index in [1.807, 2.05) is 12.1 Å². The third-order valence-corrected chi connectivity index (χ3v) is 9.40. The number of para-hydroxylation sites is 3. The number of hydrogen-bond acceptors (Lipinski definition) is 1. The molecule has 2 aromatic heterocycles. The summed E-state index contributed by atoms with van der Waals surface area (Å²) < 4.78 is 8.77. The van der Waals surface area contributed by atoms with Gasteiger partial charge in [0, 0.05) is 32.8 Å². The minimum absolute atomic E-state index is 0.930. The van der Waals surface area contributed by atoms with Crippen LogP contribution in [-0.2, 0) is 0 Å². The first-order chi connectivity index (χ1) is 17.5. The van der Waals surface area contributed by atoms with Crippen molar-refractivity contribution in [1.82, 2.24) is 4.57 Å². The SMILES string of the molecule is C[Si](C)(C)c1cccc(-n2c3ccccc3c3cc(-c4cccc5c4oc4ccccc45)ccc32)c1. The first kappa shape index (κ1) is 21.2. The molecule has 0 aliphatic heterocycles. The van der Waals surface area contributed by atoms with Crippen molar-refractivity contribution in [2.75, 3.05) is 0 Å². The molecule has 0 aliphatic carbocycles. The maximum Gasteiger partial charge on any atom is 0.143 e. The summed E-state index contributed by atoms with van der Waals surface area (Å²) in [6, 6.07) is 39.4.